The largest absolute Gasteiger partial charge is 0.468 e. The van der Waals surface area contributed by atoms with Crippen molar-refractivity contribution in [2.45, 2.75) is 25.4 Å². The van der Waals surface area contributed by atoms with Crippen molar-refractivity contribution in [2.24, 2.45) is 0 Å². The molecule has 1 aromatic carbocycles. The van der Waals surface area contributed by atoms with E-state index in [1.807, 2.05) is 0 Å². The van der Waals surface area contributed by atoms with Crippen LogP contribution in [-0.2, 0) is 16.1 Å². The molecule has 9 heteroatoms. The second-order valence-corrected chi connectivity index (χ2v) is 7.12. The van der Waals surface area contributed by atoms with Gasteiger partial charge in [-0.2, -0.15) is 5.10 Å². The van der Waals surface area contributed by atoms with Crippen LogP contribution in [0.2, 0.25) is 5.02 Å². The van der Waals surface area contributed by atoms with Crippen LogP contribution in [0, 0.1) is 0 Å². The maximum absolute atomic E-state index is 12.6. The molecule has 1 aromatic heterocycles. The first-order valence-electron chi connectivity index (χ1n) is 8.13. The summed E-state index contributed by atoms with van der Waals surface area (Å²) >= 11 is 9.52. The molecule has 0 saturated carbocycles. The van der Waals surface area contributed by atoms with Gasteiger partial charge in [-0.05, 0) is 47.0 Å². The minimum absolute atomic E-state index is 0.0497. The highest BCUT2D eigenvalue weighted by Crippen LogP contribution is 2.30. The summed E-state index contributed by atoms with van der Waals surface area (Å²) in [6.07, 6.45) is 1.77. The number of fused-ring (bicyclic) bond motifs is 1. The highest BCUT2D eigenvalue weighted by Gasteiger charge is 2.25. The Kier molecular flexibility index (Phi) is 5.95. The molecule has 2 N–H and O–H groups in total. The van der Waals surface area contributed by atoms with E-state index < -0.39 is 0 Å². The SMILES string of the molecule is COC(=O)CN[C@@H]1CCCn2nc(C(=O)Nc3cccc(Br)c3Cl)cc21. The van der Waals surface area contributed by atoms with Crippen molar-refractivity contribution in [1.82, 2.24) is 15.1 Å². The molecule has 0 fully saturated rings. The van der Waals surface area contributed by atoms with Crippen molar-refractivity contribution in [2.75, 3.05) is 19.0 Å². The molecule has 1 amide bonds. The van der Waals surface area contributed by atoms with E-state index in [9.17, 15) is 9.59 Å². The molecular weight excluding hydrogens is 424 g/mol. The summed E-state index contributed by atoms with van der Waals surface area (Å²) in [6.45, 7) is 0.845. The minimum Gasteiger partial charge on any atom is -0.468 e. The Morgan fingerprint density at radius 1 is 1.46 bits per heavy atom. The van der Waals surface area contributed by atoms with Crippen LogP contribution in [0.5, 0.6) is 0 Å². The Morgan fingerprint density at radius 2 is 2.27 bits per heavy atom. The van der Waals surface area contributed by atoms with Crippen LogP contribution in [0.4, 0.5) is 5.69 Å². The molecule has 26 heavy (non-hydrogen) atoms. The summed E-state index contributed by atoms with van der Waals surface area (Å²) in [7, 11) is 1.35. The zero-order valence-electron chi connectivity index (χ0n) is 14.1. The second kappa shape index (κ2) is 8.20. The third-order valence-electron chi connectivity index (χ3n) is 4.18. The van der Waals surface area contributed by atoms with Gasteiger partial charge in [-0.25, -0.2) is 0 Å². The van der Waals surface area contributed by atoms with Crippen LogP contribution >= 0.6 is 27.5 Å². The van der Waals surface area contributed by atoms with Gasteiger partial charge in [-0.3, -0.25) is 19.6 Å². The molecule has 0 bridgehead atoms. The number of nitrogens with one attached hydrogen (secondary N) is 2. The highest BCUT2D eigenvalue weighted by molar-refractivity contribution is 9.10. The monoisotopic (exact) mass is 440 g/mol. The van der Waals surface area contributed by atoms with E-state index in [0.29, 0.717) is 20.9 Å². The number of anilines is 1. The average molecular weight is 442 g/mol. The number of carbonyl (C=O) groups excluding carboxylic acids is 2. The molecule has 0 spiro atoms. The second-order valence-electron chi connectivity index (χ2n) is 5.88. The molecule has 0 saturated heterocycles. The molecule has 1 aliphatic heterocycles. The lowest BCUT2D eigenvalue weighted by Crippen LogP contribution is -2.32. The van der Waals surface area contributed by atoms with Gasteiger partial charge in [-0.15, -0.1) is 0 Å². The fourth-order valence-corrected chi connectivity index (χ4v) is 3.41. The highest BCUT2D eigenvalue weighted by atomic mass is 79.9. The van der Waals surface area contributed by atoms with E-state index in [0.717, 1.165) is 25.1 Å². The van der Waals surface area contributed by atoms with Crippen LogP contribution in [0.25, 0.3) is 0 Å². The van der Waals surface area contributed by atoms with E-state index in [1.54, 1.807) is 28.9 Å². The average Bonchev–Trinajstić information content (AvgIpc) is 3.08. The Hall–Kier alpha value is -1.90. The number of hydrogen-bond acceptors (Lipinski definition) is 5. The lowest BCUT2D eigenvalue weighted by molar-refractivity contribution is -0.139. The molecule has 0 aliphatic carbocycles. The Morgan fingerprint density at radius 3 is 3.04 bits per heavy atom. The van der Waals surface area contributed by atoms with Crippen molar-refractivity contribution >= 4 is 45.1 Å². The summed E-state index contributed by atoms with van der Waals surface area (Å²) in [5.41, 5.74) is 1.70. The van der Waals surface area contributed by atoms with Crippen molar-refractivity contribution in [3.05, 3.63) is 45.1 Å². The third-order valence-corrected chi connectivity index (χ3v) is 5.48. The number of esters is 1. The molecule has 0 radical (unpaired) electrons. The molecule has 2 aromatic rings. The number of ether oxygens (including phenoxy) is 1. The first-order valence-corrected chi connectivity index (χ1v) is 9.30. The van der Waals surface area contributed by atoms with Crippen molar-refractivity contribution in [1.29, 1.82) is 0 Å². The molecular formula is C17H18BrClN4O3. The maximum Gasteiger partial charge on any atom is 0.319 e. The maximum atomic E-state index is 12.6. The van der Waals surface area contributed by atoms with Gasteiger partial charge in [0, 0.05) is 17.1 Å². The summed E-state index contributed by atoms with van der Waals surface area (Å²) in [5.74, 6) is -0.664. The van der Waals surface area contributed by atoms with Crippen molar-refractivity contribution in [3.8, 4) is 0 Å². The number of amides is 1. The van der Waals surface area contributed by atoms with Crippen LogP contribution in [0.15, 0.2) is 28.7 Å². The third kappa shape index (κ3) is 4.08. The normalized spacial score (nSPS) is 16.0. The number of benzene rings is 1. The Balaban J connectivity index is 1.76. The molecule has 0 unspecified atom stereocenters. The fourth-order valence-electron chi connectivity index (χ4n) is 2.87. The standard InChI is InChI=1S/C17H18BrClN4O3/c1-26-15(24)9-20-11-6-3-7-23-14(11)8-13(22-23)17(25)21-12-5-2-4-10(18)16(12)19/h2,4-5,8,11,20H,3,6-7,9H2,1H3,(H,21,25)/t11-/m1/s1. The van der Waals surface area contributed by atoms with Crippen LogP contribution in [-0.4, -0.2) is 35.3 Å². The molecule has 3 rings (SSSR count). The van der Waals surface area contributed by atoms with Gasteiger partial charge in [-0.1, -0.05) is 17.7 Å². The number of halogens is 2. The van der Waals surface area contributed by atoms with Gasteiger partial charge in [0.1, 0.15) is 0 Å². The van der Waals surface area contributed by atoms with Gasteiger partial charge in [0.2, 0.25) is 0 Å². The number of carbonyl (C=O) groups is 2. The fraction of sp³-hybridized carbons (Fsp3) is 0.353. The summed E-state index contributed by atoms with van der Waals surface area (Å²) in [6, 6.07) is 7.00. The number of nitrogens with zero attached hydrogens (tertiary/aromatic N) is 2. The molecule has 1 aliphatic rings. The predicted octanol–water partition coefficient (Wildman–Crippen LogP) is 3.15. The summed E-state index contributed by atoms with van der Waals surface area (Å²) in [4.78, 5) is 23.9. The van der Waals surface area contributed by atoms with Gasteiger partial charge < -0.3 is 10.1 Å². The van der Waals surface area contributed by atoms with Crippen LogP contribution in [0.1, 0.15) is 35.1 Å². The number of rotatable bonds is 5. The number of aromatic nitrogens is 2. The Bertz CT molecular complexity index is 839. The van der Waals surface area contributed by atoms with Gasteiger partial charge >= 0.3 is 5.97 Å². The van der Waals surface area contributed by atoms with Gasteiger partial charge in [0.05, 0.1) is 30.1 Å². The van der Waals surface area contributed by atoms with Crippen LogP contribution in [0.3, 0.4) is 0 Å². The lowest BCUT2D eigenvalue weighted by atomic mass is 10.0. The van der Waals surface area contributed by atoms with Crippen LogP contribution < -0.4 is 10.6 Å². The molecule has 138 valence electrons. The summed E-state index contributed by atoms with van der Waals surface area (Å²) in [5, 5.41) is 10.8. The Labute approximate surface area is 164 Å². The van der Waals surface area contributed by atoms with Crippen molar-refractivity contribution in [3.63, 3.8) is 0 Å². The van der Waals surface area contributed by atoms with E-state index in [1.165, 1.54) is 7.11 Å². The first-order chi connectivity index (χ1) is 12.5. The van der Waals surface area contributed by atoms with E-state index in [4.69, 9.17) is 11.6 Å². The number of methoxy groups -OCH3 is 1. The predicted molar refractivity (Wildman–Crippen MR) is 101 cm³/mol. The zero-order chi connectivity index (χ0) is 18.7. The zero-order valence-corrected chi connectivity index (χ0v) is 16.4. The van der Waals surface area contributed by atoms with Gasteiger partial charge in [0.15, 0.2) is 5.69 Å². The minimum atomic E-state index is -0.335. The quantitative estimate of drug-likeness (QED) is 0.696. The molecule has 2 heterocycles. The summed E-state index contributed by atoms with van der Waals surface area (Å²) < 4.78 is 7.16. The first kappa shape index (κ1) is 18.9. The van der Waals surface area contributed by atoms with E-state index >= 15 is 0 Å². The number of aryl methyl sites for hydroxylation is 1. The molecule has 1 atom stereocenters. The smallest absolute Gasteiger partial charge is 0.319 e. The topological polar surface area (TPSA) is 85.2 Å². The van der Waals surface area contributed by atoms with Crippen molar-refractivity contribution < 1.29 is 14.3 Å². The number of hydrogen-bond donors (Lipinski definition) is 2. The van der Waals surface area contributed by atoms with Gasteiger partial charge in [0.25, 0.3) is 5.91 Å². The molecule has 7 nitrogen and oxygen atoms in total. The van der Waals surface area contributed by atoms with E-state index in [2.05, 4.69) is 36.4 Å². The lowest BCUT2D eigenvalue weighted by Gasteiger charge is -2.24. The van der Waals surface area contributed by atoms with E-state index in [-0.39, 0.29) is 24.5 Å².